The van der Waals surface area contributed by atoms with Gasteiger partial charge in [0.1, 0.15) is 5.52 Å². The van der Waals surface area contributed by atoms with Crippen molar-refractivity contribution in [3.05, 3.63) is 29.1 Å². The van der Waals surface area contributed by atoms with Gasteiger partial charge in [-0.05, 0) is 25.0 Å². The van der Waals surface area contributed by atoms with E-state index in [-0.39, 0.29) is 0 Å². The van der Waals surface area contributed by atoms with Gasteiger partial charge in [0.05, 0.1) is 6.54 Å². The van der Waals surface area contributed by atoms with Crippen LogP contribution in [0.15, 0.2) is 22.6 Å². The van der Waals surface area contributed by atoms with Crippen LogP contribution in [0.25, 0.3) is 11.1 Å². The minimum Gasteiger partial charge on any atom is -0.439 e. The summed E-state index contributed by atoms with van der Waals surface area (Å²) in [5.41, 5.74) is 1.63. The molecule has 0 bridgehead atoms. The standard InChI is InChI=1S/C11H11ClN2O/c12-7-1-4-9-10(5-7)15-11(14-9)6-13-8-2-3-8/h1,4-5,8,13H,2-3,6H2. The molecule has 1 fully saturated rings. The lowest BCUT2D eigenvalue weighted by Crippen LogP contribution is -2.15. The Hall–Kier alpha value is -1.06. The quantitative estimate of drug-likeness (QED) is 0.868. The maximum atomic E-state index is 5.86. The first-order chi connectivity index (χ1) is 7.31. The van der Waals surface area contributed by atoms with E-state index in [1.807, 2.05) is 12.1 Å². The zero-order valence-electron chi connectivity index (χ0n) is 8.16. The first kappa shape index (κ1) is 9.19. The van der Waals surface area contributed by atoms with Crippen LogP contribution in [0, 0.1) is 0 Å². The molecule has 0 radical (unpaired) electrons. The van der Waals surface area contributed by atoms with Crippen LogP contribution in [0.5, 0.6) is 0 Å². The number of benzene rings is 1. The predicted molar refractivity (Wildman–Crippen MR) is 58.9 cm³/mol. The molecule has 0 saturated heterocycles. The van der Waals surface area contributed by atoms with Gasteiger partial charge in [0.2, 0.25) is 5.89 Å². The third-order valence-corrected chi connectivity index (χ3v) is 2.75. The van der Waals surface area contributed by atoms with Crippen molar-refractivity contribution in [3.8, 4) is 0 Å². The molecule has 0 aliphatic heterocycles. The fourth-order valence-corrected chi connectivity index (χ4v) is 1.70. The number of hydrogen-bond donors (Lipinski definition) is 1. The van der Waals surface area contributed by atoms with Crippen molar-refractivity contribution >= 4 is 22.7 Å². The summed E-state index contributed by atoms with van der Waals surface area (Å²) in [5.74, 6) is 0.735. The second kappa shape index (κ2) is 3.51. The van der Waals surface area contributed by atoms with Crippen LogP contribution in [-0.2, 0) is 6.54 Å². The Kier molecular flexibility index (Phi) is 2.15. The monoisotopic (exact) mass is 222 g/mol. The Morgan fingerprint density at radius 2 is 2.33 bits per heavy atom. The fraction of sp³-hybridized carbons (Fsp3) is 0.364. The van der Waals surface area contributed by atoms with Gasteiger partial charge in [0, 0.05) is 17.1 Å². The van der Waals surface area contributed by atoms with E-state index in [2.05, 4.69) is 10.3 Å². The Balaban J connectivity index is 1.84. The molecular weight excluding hydrogens is 212 g/mol. The molecule has 3 rings (SSSR count). The molecule has 2 aromatic rings. The highest BCUT2D eigenvalue weighted by Gasteiger charge is 2.20. The minimum atomic E-state index is 0.670. The van der Waals surface area contributed by atoms with E-state index in [1.165, 1.54) is 12.8 Å². The summed E-state index contributed by atoms with van der Waals surface area (Å²) in [6.45, 7) is 0.705. The van der Waals surface area contributed by atoms with E-state index in [0.717, 1.165) is 17.0 Å². The van der Waals surface area contributed by atoms with Gasteiger partial charge in [0.25, 0.3) is 0 Å². The van der Waals surface area contributed by atoms with Gasteiger partial charge in [-0.2, -0.15) is 0 Å². The molecule has 3 nitrogen and oxygen atoms in total. The summed E-state index contributed by atoms with van der Waals surface area (Å²) >= 11 is 5.86. The average molecular weight is 223 g/mol. The third kappa shape index (κ3) is 1.98. The Labute approximate surface area is 92.4 Å². The van der Waals surface area contributed by atoms with Gasteiger partial charge in [-0.15, -0.1) is 0 Å². The number of hydrogen-bond acceptors (Lipinski definition) is 3. The Morgan fingerprint density at radius 3 is 3.13 bits per heavy atom. The first-order valence-electron chi connectivity index (χ1n) is 5.09. The van der Waals surface area contributed by atoms with E-state index >= 15 is 0 Å². The lowest BCUT2D eigenvalue weighted by molar-refractivity contribution is 0.494. The number of fused-ring (bicyclic) bond motifs is 1. The number of oxazole rings is 1. The topological polar surface area (TPSA) is 38.1 Å². The van der Waals surface area contributed by atoms with Crippen LogP contribution < -0.4 is 5.32 Å². The normalized spacial score (nSPS) is 16.1. The maximum absolute atomic E-state index is 5.86. The molecule has 0 amide bonds. The zero-order valence-corrected chi connectivity index (χ0v) is 8.92. The second-order valence-corrected chi connectivity index (χ2v) is 4.31. The molecule has 4 heteroatoms. The van der Waals surface area contributed by atoms with E-state index < -0.39 is 0 Å². The zero-order chi connectivity index (χ0) is 10.3. The number of halogens is 1. The maximum Gasteiger partial charge on any atom is 0.209 e. The number of aromatic nitrogens is 1. The molecule has 78 valence electrons. The van der Waals surface area contributed by atoms with Crippen molar-refractivity contribution in [2.24, 2.45) is 0 Å². The molecule has 1 aromatic heterocycles. The first-order valence-corrected chi connectivity index (χ1v) is 5.47. The van der Waals surface area contributed by atoms with Gasteiger partial charge in [-0.1, -0.05) is 11.6 Å². The molecule has 1 aliphatic carbocycles. The molecule has 0 unspecified atom stereocenters. The molecule has 0 spiro atoms. The summed E-state index contributed by atoms with van der Waals surface area (Å²) in [6, 6.07) is 6.17. The summed E-state index contributed by atoms with van der Waals surface area (Å²) in [5, 5.41) is 4.04. The number of nitrogens with zero attached hydrogens (tertiary/aromatic N) is 1. The van der Waals surface area contributed by atoms with Crippen molar-refractivity contribution < 1.29 is 4.42 Å². The van der Waals surface area contributed by atoms with Gasteiger partial charge in [-0.3, -0.25) is 0 Å². The summed E-state index contributed by atoms with van der Waals surface area (Å²) in [6.07, 6.45) is 2.54. The van der Waals surface area contributed by atoms with Crippen LogP contribution in [0.2, 0.25) is 5.02 Å². The van der Waals surface area contributed by atoms with Crippen molar-refractivity contribution in [2.45, 2.75) is 25.4 Å². The van der Waals surface area contributed by atoms with Crippen molar-refractivity contribution in [3.63, 3.8) is 0 Å². The Bertz CT molecular complexity index is 490. The van der Waals surface area contributed by atoms with E-state index in [1.54, 1.807) is 6.07 Å². The van der Waals surface area contributed by atoms with Crippen molar-refractivity contribution in [2.75, 3.05) is 0 Å². The lowest BCUT2D eigenvalue weighted by atomic mass is 10.3. The highest BCUT2D eigenvalue weighted by atomic mass is 35.5. The van der Waals surface area contributed by atoms with Gasteiger partial charge >= 0.3 is 0 Å². The lowest BCUT2D eigenvalue weighted by Gasteiger charge is -1.95. The highest BCUT2D eigenvalue weighted by Crippen LogP contribution is 2.22. The third-order valence-electron chi connectivity index (χ3n) is 2.51. The summed E-state index contributed by atoms with van der Waals surface area (Å²) < 4.78 is 5.57. The average Bonchev–Trinajstić information content (AvgIpc) is 2.95. The van der Waals surface area contributed by atoms with E-state index in [4.69, 9.17) is 16.0 Å². The summed E-state index contributed by atoms with van der Waals surface area (Å²) in [4.78, 5) is 4.37. The van der Waals surface area contributed by atoms with Gasteiger partial charge < -0.3 is 9.73 Å². The smallest absolute Gasteiger partial charge is 0.209 e. The fourth-order valence-electron chi connectivity index (χ4n) is 1.54. The minimum absolute atomic E-state index is 0.670. The van der Waals surface area contributed by atoms with Crippen LogP contribution in [-0.4, -0.2) is 11.0 Å². The van der Waals surface area contributed by atoms with Crippen molar-refractivity contribution in [1.29, 1.82) is 0 Å². The molecule has 1 N–H and O–H groups in total. The highest BCUT2D eigenvalue weighted by molar-refractivity contribution is 6.31. The second-order valence-electron chi connectivity index (χ2n) is 3.87. The molecule has 1 aromatic carbocycles. The van der Waals surface area contributed by atoms with Gasteiger partial charge in [-0.25, -0.2) is 4.98 Å². The van der Waals surface area contributed by atoms with E-state index in [0.29, 0.717) is 17.6 Å². The van der Waals surface area contributed by atoms with Crippen LogP contribution in [0.3, 0.4) is 0 Å². The molecule has 1 aliphatic rings. The molecule has 1 heterocycles. The van der Waals surface area contributed by atoms with Crippen LogP contribution >= 0.6 is 11.6 Å². The SMILES string of the molecule is Clc1ccc2nc(CNC3CC3)oc2c1. The van der Waals surface area contributed by atoms with Gasteiger partial charge in [0.15, 0.2) is 5.58 Å². The largest absolute Gasteiger partial charge is 0.439 e. The molecular formula is C11H11ClN2O. The number of rotatable bonds is 3. The van der Waals surface area contributed by atoms with Crippen LogP contribution in [0.1, 0.15) is 18.7 Å². The molecule has 0 atom stereocenters. The molecule has 1 saturated carbocycles. The predicted octanol–water partition coefficient (Wildman–Crippen LogP) is 2.73. The Morgan fingerprint density at radius 1 is 1.47 bits per heavy atom. The number of nitrogens with one attached hydrogen (secondary N) is 1. The van der Waals surface area contributed by atoms with E-state index in [9.17, 15) is 0 Å². The van der Waals surface area contributed by atoms with Crippen molar-refractivity contribution in [1.82, 2.24) is 10.3 Å². The van der Waals surface area contributed by atoms with Crippen LogP contribution in [0.4, 0.5) is 0 Å². The summed E-state index contributed by atoms with van der Waals surface area (Å²) in [7, 11) is 0. The molecule has 15 heavy (non-hydrogen) atoms.